The minimum atomic E-state index is -5.08. The van der Waals surface area contributed by atoms with Crippen molar-refractivity contribution in [2.24, 2.45) is 5.92 Å². The number of carbonyl (C=O) groups is 3. The minimum Gasteiger partial charge on any atom is -0.489 e. The van der Waals surface area contributed by atoms with Gasteiger partial charge < -0.3 is 29.9 Å². The van der Waals surface area contributed by atoms with E-state index in [1.807, 2.05) is 19.9 Å². The maximum Gasteiger partial charge on any atom is 0.573 e. The highest BCUT2D eigenvalue weighted by Gasteiger charge is 2.38. The van der Waals surface area contributed by atoms with Crippen LogP contribution in [0, 0.1) is 5.92 Å². The zero-order chi connectivity index (χ0) is 31.7. The van der Waals surface area contributed by atoms with E-state index in [0.717, 1.165) is 11.3 Å². The van der Waals surface area contributed by atoms with Gasteiger partial charge in [0, 0.05) is 18.8 Å². The molecule has 0 aliphatic carbocycles. The summed E-state index contributed by atoms with van der Waals surface area (Å²) < 4.78 is 80.4. The molecule has 232 valence electrons. The highest BCUT2D eigenvalue weighted by molar-refractivity contribution is 5.96. The number of halogens is 6. The Labute approximate surface area is 237 Å². The smallest absolute Gasteiger partial charge is 0.489 e. The molecule has 0 spiro atoms. The summed E-state index contributed by atoms with van der Waals surface area (Å²) in [6, 6.07) is 10.0. The van der Waals surface area contributed by atoms with Crippen molar-refractivity contribution in [3.8, 4) is 11.5 Å². The number of benzene rings is 2. The molecule has 3 rings (SSSR count). The van der Waals surface area contributed by atoms with Gasteiger partial charge >= 0.3 is 24.5 Å². The van der Waals surface area contributed by atoms with Crippen molar-refractivity contribution in [1.82, 2.24) is 5.32 Å². The summed E-state index contributed by atoms with van der Waals surface area (Å²) in [7, 11) is 0. The molecule has 9 nitrogen and oxygen atoms in total. The van der Waals surface area contributed by atoms with Gasteiger partial charge in [-0.2, -0.15) is 13.2 Å². The van der Waals surface area contributed by atoms with Crippen LogP contribution in [0.15, 0.2) is 36.4 Å². The fourth-order valence-corrected chi connectivity index (χ4v) is 3.90. The third-order valence-electron chi connectivity index (χ3n) is 5.67. The molecule has 2 aromatic rings. The molecule has 0 atom stereocenters. The first-order chi connectivity index (χ1) is 19.5. The molecule has 1 aliphatic heterocycles. The highest BCUT2D eigenvalue weighted by atomic mass is 19.4. The molecule has 1 heterocycles. The number of aliphatic carboxylic acids is 2. The van der Waals surface area contributed by atoms with Crippen molar-refractivity contribution in [1.29, 1.82) is 0 Å². The van der Waals surface area contributed by atoms with Gasteiger partial charge in [0.15, 0.2) is 0 Å². The van der Waals surface area contributed by atoms with Crippen LogP contribution in [-0.4, -0.2) is 60.2 Å². The number of anilines is 1. The largest absolute Gasteiger partial charge is 0.573 e. The van der Waals surface area contributed by atoms with Crippen molar-refractivity contribution in [2.45, 2.75) is 52.3 Å². The second-order valence-electron chi connectivity index (χ2n) is 9.59. The van der Waals surface area contributed by atoms with Gasteiger partial charge in [0.25, 0.3) is 0 Å². The molecule has 0 saturated heterocycles. The monoisotopic (exact) mass is 608 g/mol. The number of alkyl halides is 6. The van der Waals surface area contributed by atoms with Crippen molar-refractivity contribution in [3.63, 3.8) is 0 Å². The van der Waals surface area contributed by atoms with Gasteiger partial charge in [-0.25, -0.2) is 4.79 Å². The third kappa shape index (κ3) is 11.5. The van der Waals surface area contributed by atoms with Crippen LogP contribution in [0.5, 0.6) is 11.5 Å². The first-order valence-corrected chi connectivity index (χ1v) is 12.6. The minimum absolute atomic E-state index is 0.0418. The average molecular weight is 609 g/mol. The van der Waals surface area contributed by atoms with Crippen LogP contribution in [0.1, 0.15) is 37.0 Å². The number of carboxylic acids is 2. The number of fused-ring (bicyclic) bond motifs is 1. The second kappa shape index (κ2) is 14.8. The number of carbonyl (C=O) groups excluding carboxylic acids is 1. The van der Waals surface area contributed by atoms with E-state index in [4.69, 9.17) is 19.7 Å². The summed E-state index contributed by atoms with van der Waals surface area (Å²) in [5.74, 6) is -3.34. The van der Waals surface area contributed by atoms with E-state index in [1.165, 1.54) is 6.07 Å². The van der Waals surface area contributed by atoms with Crippen LogP contribution in [0.25, 0.3) is 0 Å². The molecule has 2 aromatic carbocycles. The van der Waals surface area contributed by atoms with E-state index in [0.29, 0.717) is 36.3 Å². The van der Waals surface area contributed by atoms with Gasteiger partial charge in [-0.3, -0.25) is 9.59 Å². The topological polar surface area (TPSA) is 125 Å². The number of carboxylic acid groups (broad SMARTS) is 2. The number of nitrogens with one attached hydrogen (secondary N) is 1. The summed E-state index contributed by atoms with van der Waals surface area (Å²) in [5, 5.41) is 18.6. The number of hydrogen-bond acceptors (Lipinski definition) is 6. The van der Waals surface area contributed by atoms with Crippen molar-refractivity contribution >= 4 is 23.5 Å². The van der Waals surface area contributed by atoms with E-state index < -0.39 is 24.5 Å². The Balaban J connectivity index is 0.000000782. The van der Waals surface area contributed by atoms with Gasteiger partial charge in [-0.1, -0.05) is 26.0 Å². The van der Waals surface area contributed by atoms with Crippen LogP contribution in [0.4, 0.5) is 32.0 Å². The van der Waals surface area contributed by atoms with E-state index in [1.54, 1.807) is 29.2 Å². The number of amides is 1. The number of nitrogens with zero attached hydrogens (tertiary/aromatic N) is 1. The SMILES string of the molecule is CC(C)Cc1ccc(COc2ccc3c(c2)CCN3C(=O)CNCCC(=O)O)cc1OC(F)(F)F.O=C(O)C(F)(F)F. The maximum atomic E-state index is 12.9. The molecule has 0 saturated carbocycles. The fourth-order valence-electron chi connectivity index (χ4n) is 3.90. The Bertz CT molecular complexity index is 1250. The highest BCUT2D eigenvalue weighted by Crippen LogP contribution is 2.33. The van der Waals surface area contributed by atoms with Crippen molar-refractivity contribution in [2.75, 3.05) is 24.5 Å². The molecule has 0 unspecified atom stereocenters. The predicted molar refractivity (Wildman–Crippen MR) is 137 cm³/mol. The quantitative estimate of drug-likeness (QED) is 0.242. The zero-order valence-corrected chi connectivity index (χ0v) is 22.6. The number of ether oxygens (including phenoxy) is 2. The van der Waals surface area contributed by atoms with Gasteiger partial charge in [-0.15, -0.1) is 13.2 Å². The van der Waals surface area contributed by atoms with Gasteiger partial charge in [0.05, 0.1) is 13.0 Å². The average Bonchev–Trinajstić information content (AvgIpc) is 3.28. The fraction of sp³-hybridized carbons (Fsp3) is 0.444. The summed E-state index contributed by atoms with van der Waals surface area (Å²) in [4.78, 5) is 33.6. The summed E-state index contributed by atoms with van der Waals surface area (Å²) >= 11 is 0. The molecule has 15 heteroatoms. The Hall–Kier alpha value is -4.01. The number of rotatable bonds is 11. The van der Waals surface area contributed by atoms with Crippen LogP contribution < -0.4 is 19.7 Å². The lowest BCUT2D eigenvalue weighted by Gasteiger charge is -2.18. The van der Waals surface area contributed by atoms with E-state index in [9.17, 15) is 35.9 Å². The first-order valence-electron chi connectivity index (χ1n) is 12.6. The molecule has 0 aromatic heterocycles. The molecule has 3 N–H and O–H groups in total. The van der Waals surface area contributed by atoms with E-state index >= 15 is 0 Å². The van der Waals surface area contributed by atoms with Crippen LogP contribution in [0.2, 0.25) is 0 Å². The normalized spacial score (nSPS) is 12.8. The third-order valence-corrected chi connectivity index (χ3v) is 5.67. The summed E-state index contributed by atoms with van der Waals surface area (Å²) in [6.45, 7) is 4.67. The standard InChI is InChI=1S/C25H29F3N2O5.C2HF3O2/c1-16(2)11-19-4-3-17(12-22(19)35-25(26,27)28)15-34-20-5-6-21-18(13-20)8-10-30(21)23(31)14-29-9-7-24(32)33;3-2(4,5)1(6)7/h3-6,12-13,16,29H,7-11,14-15H2,1-2H3,(H,32,33);(H,6,7). The van der Waals surface area contributed by atoms with Crippen molar-refractivity contribution < 1.29 is 60.4 Å². The molecule has 1 amide bonds. The lowest BCUT2D eigenvalue weighted by Crippen LogP contribution is -2.37. The number of hydrogen-bond donors (Lipinski definition) is 3. The molecule has 0 radical (unpaired) electrons. The molecule has 0 fully saturated rings. The molecular weight excluding hydrogens is 578 g/mol. The maximum absolute atomic E-state index is 12.9. The molecular formula is C27H30F6N2O7. The first kappa shape index (κ1) is 34.2. The Morgan fingerprint density at radius 3 is 2.26 bits per heavy atom. The molecule has 42 heavy (non-hydrogen) atoms. The van der Waals surface area contributed by atoms with E-state index in [-0.39, 0.29) is 43.7 Å². The lowest BCUT2D eigenvalue weighted by molar-refractivity contribution is -0.275. The zero-order valence-electron chi connectivity index (χ0n) is 22.6. The Kier molecular flexibility index (Phi) is 12.0. The van der Waals surface area contributed by atoms with Crippen molar-refractivity contribution in [3.05, 3.63) is 53.1 Å². The van der Waals surface area contributed by atoms with Gasteiger partial charge in [0.2, 0.25) is 5.91 Å². The van der Waals surface area contributed by atoms with Gasteiger partial charge in [-0.05, 0) is 59.7 Å². The molecule has 0 bridgehead atoms. The summed E-state index contributed by atoms with van der Waals surface area (Å²) in [6.07, 6.45) is -8.82. The van der Waals surface area contributed by atoms with Crippen LogP contribution >= 0.6 is 0 Å². The van der Waals surface area contributed by atoms with Crippen LogP contribution in [-0.2, 0) is 33.8 Å². The summed E-state index contributed by atoms with van der Waals surface area (Å²) in [5.41, 5.74) is 2.72. The Morgan fingerprint density at radius 2 is 1.69 bits per heavy atom. The molecule has 1 aliphatic rings. The predicted octanol–water partition coefficient (Wildman–Crippen LogP) is 4.95. The van der Waals surface area contributed by atoms with E-state index in [2.05, 4.69) is 10.1 Å². The lowest BCUT2D eigenvalue weighted by atomic mass is 10.0. The second-order valence-corrected chi connectivity index (χ2v) is 9.59. The van der Waals surface area contributed by atoms with Gasteiger partial charge in [0.1, 0.15) is 18.1 Å². The van der Waals surface area contributed by atoms with Crippen LogP contribution in [0.3, 0.4) is 0 Å². The Morgan fingerprint density at radius 1 is 1.02 bits per heavy atom.